The van der Waals surface area contributed by atoms with Crippen molar-refractivity contribution in [1.82, 2.24) is 9.97 Å². The maximum absolute atomic E-state index is 5.61. The minimum absolute atomic E-state index is 0.636. The molecule has 0 saturated heterocycles. The molecule has 1 aromatic heterocycles. The average molecular weight is 384 g/mol. The molecular formula is C14H17IN4O. The number of anilines is 2. The molecular weight excluding hydrogens is 367 g/mol. The molecule has 0 aliphatic carbocycles. The van der Waals surface area contributed by atoms with Crippen LogP contribution in [0.25, 0.3) is 0 Å². The number of halogens is 1. The van der Waals surface area contributed by atoms with Crippen LogP contribution >= 0.6 is 22.6 Å². The Bertz CT molecular complexity index is 530. The van der Waals surface area contributed by atoms with Crippen LogP contribution in [0.15, 0.2) is 36.7 Å². The molecule has 20 heavy (non-hydrogen) atoms. The molecule has 2 N–H and O–H groups in total. The van der Waals surface area contributed by atoms with Crippen molar-refractivity contribution >= 4 is 34.2 Å². The number of nitrogens with two attached hydrogens (primary N) is 1. The van der Waals surface area contributed by atoms with E-state index in [-0.39, 0.29) is 0 Å². The van der Waals surface area contributed by atoms with E-state index in [2.05, 4.69) is 37.5 Å². The van der Waals surface area contributed by atoms with Gasteiger partial charge in [-0.15, -0.1) is 0 Å². The van der Waals surface area contributed by atoms with Crippen LogP contribution in [0.5, 0.6) is 5.75 Å². The van der Waals surface area contributed by atoms with Crippen molar-refractivity contribution in [3.63, 3.8) is 0 Å². The first-order chi connectivity index (χ1) is 9.74. The maximum atomic E-state index is 5.61. The number of methoxy groups -OCH3 is 1. The molecule has 0 amide bonds. The van der Waals surface area contributed by atoms with Gasteiger partial charge in [-0.05, 0) is 59.8 Å². The van der Waals surface area contributed by atoms with Gasteiger partial charge in [0.05, 0.1) is 7.11 Å². The Morgan fingerprint density at radius 2 is 1.85 bits per heavy atom. The summed E-state index contributed by atoms with van der Waals surface area (Å²) >= 11 is 2.19. The molecule has 0 saturated carbocycles. The lowest BCUT2D eigenvalue weighted by Crippen LogP contribution is -2.22. The molecule has 0 spiro atoms. The number of nitrogens with zero attached hydrogens (tertiary/aromatic N) is 3. The molecule has 6 heteroatoms. The van der Waals surface area contributed by atoms with Crippen molar-refractivity contribution in [3.8, 4) is 5.75 Å². The summed E-state index contributed by atoms with van der Waals surface area (Å²) in [4.78, 5) is 10.8. The second-order valence-electron chi connectivity index (χ2n) is 4.19. The van der Waals surface area contributed by atoms with Crippen molar-refractivity contribution in [2.24, 2.45) is 5.73 Å². The molecule has 0 bridgehead atoms. The van der Waals surface area contributed by atoms with Gasteiger partial charge < -0.3 is 15.4 Å². The fourth-order valence-corrected chi connectivity index (χ4v) is 2.08. The highest BCUT2D eigenvalue weighted by molar-refractivity contribution is 14.1. The lowest BCUT2D eigenvalue weighted by Gasteiger charge is -2.22. The van der Waals surface area contributed by atoms with E-state index < -0.39 is 0 Å². The van der Waals surface area contributed by atoms with Crippen molar-refractivity contribution in [2.45, 2.75) is 6.42 Å². The molecule has 5 nitrogen and oxygen atoms in total. The first-order valence-corrected chi connectivity index (χ1v) is 7.41. The minimum Gasteiger partial charge on any atom is -0.497 e. The third-order valence-corrected chi connectivity index (χ3v) is 3.38. The average Bonchev–Trinajstić information content (AvgIpc) is 2.50. The van der Waals surface area contributed by atoms with E-state index in [0.717, 1.165) is 28.0 Å². The van der Waals surface area contributed by atoms with E-state index in [1.54, 1.807) is 7.11 Å². The summed E-state index contributed by atoms with van der Waals surface area (Å²) in [5.41, 5.74) is 6.64. The molecule has 2 rings (SSSR count). The predicted octanol–water partition coefficient (Wildman–Crippen LogP) is 2.58. The Kier molecular flexibility index (Phi) is 5.54. The van der Waals surface area contributed by atoms with Crippen molar-refractivity contribution < 1.29 is 4.74 Å². The zero-order chi connectivity index (χ0) is 14.4. The Labute approximate surface area is 132 Å². The molecule has 0 atom stereocenters. The summed E-state index contributed by atoms with van der Waals surface area (Å²) in [6.45, 7) is 1.42. The smallest absolute Gasteiger partial charge is 0.229 e. The van der Waals surface area contributed by atoms with Gasteiger partial charge >= 0.3 is 0 Å². The quantitative estimate of drug-likeness (QED) is 0.776. The number of hydrogen-bond acceptors (Lipinski definition) is 5. The van der Waals surface area contributed by atoms with E-state index in [4.69, 9.17) is 10.5 Å². The van der Waals surface area contributed by atoms with Crippen molar-refractivity contribution in [2.75, 3.05) is 25.1 Å². The molecule has 0 unspecified atom stereocenters. The van der Waals surface area contributed by atoms with Crippen LogP contribution in [0.1, 0.15) is 6.42 Å². The largest absolute Gasteiger partial charge is 0.497 e. The first kappa shape index (κ1) is 15.0. The Morgan fingerprint density at radius 1 is 1.20 bits per heavy atom. The van der Waals surface area contributed by atoms with Gasteiger partial charge in [0.25, 0.3) is 0 Å². The third-order valence-electron chi connectivity index (χ3n) is 2.82. The van der Waals surface area contributed by atoms with Gasteiger partial charge in [0.1, 0.15) is 5.75 Å². The molecule has 2 aromatic rings. The third kappa shape index (κ3) is 3.80. The monoisotopic (exact) mass is 384 g/mol. The highest BCUT2D eigenvalue weighted by Crippen LogP contribution is 2.24. The molecule has 0 radical (unpaired) electrons. The lowest BCUT2D eigenvalue weighted by atomic mass is 10.2. The molecule has 1 aromatic carbocycles. The normalized spacial score (nSPS) is 10.3. The summed E-state index contributed by atoms with van der Waals surface area (Å²) in [5, 5.41) is 0. The molecule has 1 heterocycles. The second-order valence-corrected chi connectivity index (χ2v) is 5.44. The van der Waals surface area contributed by atoms with Gasteiger partial charge in [-0.25, -0.2) is 9.97 Å². The van der Waals surface area contributed by atoms with Crippen LogP contribution in [-0.4, -0.2) is 30.2 Å². The topological polar surface area (TPSA) is 64.3 Å². The number of ether oxygens (including phenoxy) is 1. The highest BCUT2D eigenvalue weighted by atomic mass is 127. The number of rotatable bonds is 6. The number of aromatic nitrogens is 2. The van der Waals surface area contributed by atoms with E-state index in [9.17, 15) is 0 Å². The van der Waals surface area contributed by atoms with E-state index >= 15 is 0 Å². The van der Waals surface area contributed by atoms with Crippen LogP contribution in [0.4, 0.5) is 11.6 Å². The van der Waals surface area contributed by atoms with E-state index in [1.165, 1.54) is 0 Å². The Morgan fingerprint density at radius 3 is 2.40 bits per heavy atom. The van der Waals surface area contributed by atoms with Crippen LogP contribution in [0.3, 0.4) is 0 Å². The number of hydrogen-bond donors (Lipinski definition) is 1. The summed E-state index contributed by atoms with van der Waals surface area (Å²) < 4.78 is 6.19. The SMILES string of the molecule is COc1ccc(N(CCCN)c2ncc(I)cn2)cc1. The minimum atomic E-state index is 0.636. The zero-order valence-corrected chi connectivity index (χ0v) is 13.4. The van der Waals surface area contributed by atoms with Crippen LogP contribution in [0, 0.1) is 3.57 Å². The summed E-state index contributed by atoms with van der Waals surface area (Å²) in [6, 6.07) is 7.85. The van der Waals surface area contributed by atoms with Crippen LogP contribution in [-0.2, 0) is 0 Å². The first-order valence-electron chi connectivity index (χ1n) is 6.34. The van der Waals surface area contributed by atoms with Crippen molar-refractivity contribution in [1.29, 1.82) is 0 Å². The predicted molar refractivity (Wildman–Crippen MR) is 88.4 cm³/mol. The Hall–Kier alpha value is -1.41. The van der Waals surface area contributed by atoms with Gasteiger partial charge in [-0.2, -0.15) is 0 Å². The van der Waals surface area contributed by atoms with Crippen LogP contribution < -0.4 is 15.4 Å². The molecule has 0 aliphatic heterocycles. The lowest BCUT2D eigenvalue weighted by molar-refractivity contribution is 0.415. The summed E-state index contributed by atoms with van der Waals surface area (Å²) in [7, 11) is 1.66. The fourth-order valence-electron chi connectivity index (χ4n) is 1.80. The van der Waals surface area contributed by atoms with Gasteiger partial charge in [-0.1, -0.05) is 0 Å². The van der Waals surface area contributed by atoms with E-state index in [1.807, 2.05) is 36.7 Å². The zero-order valence-electron chi connectivity index (χ0n) is 11.3. The van der Waals surface area contributed by atoms with Gasteiger partial charge in [0.2, 0.25) is 5.95 Å². The summed E-state index contributed by atoms with van der Waals surface area (Å²) in [5.74, 6) is 1.51. The highest BCUT2D eigenvalue weighted by Gasteiger charge is 2.11. The fraction of sp³-hybridized carbons (Fsp3) is 0.286. The maximum Gasteiger partial charge on any atom is 0.229 e. The van der Waals surface area contributed by atoms with Crippen LogP contribution in [0.2, 0.25) is 0 Å². The molecule has 0 fully saturated rings. The van der Waals surface area contributed by atoms with E-state index in [0.29, 0.717) is 12.5 Å². The second kappa shape index (κ2) is 7.39. The molecule has 0 aliphatic rings. The molecule has 106 valence electrons. The Balaban J connectivity index is 2.27. The van der Waals surface area contributed by atoms with Crippen molar-refractivity contribution in [3.05, 3.63) is 40.2 Å². The van der Waals surface area contributed by atoms with Gasteiger partial charge in [-0.3, -0.25) is 0 Å². The van der Waals surface area contributed by atoms with Gasteiger partial charge in [0.15, 0.2) is 0 Å². The number of benzene rings is 1. The summed E-state index contributed by atoms with van der Waals surface area (Å²) in [6.07, 6.45) is 4.49. The standard InChI is InChI=1S/C14H17IN4O/c1-20-13-5-3-12(4-6-13)19(8-2-7-16)14-17-9-11(15)10-18-14/h3-6,9-10H,2,7-8,16H2,1H3. The van der Waals surface area contributed by atoms with Gasteiger partial charge in [0, 0.05) is 28.2 Å².